The Morgan fingerprint density at radius 3 is 2.15 bits per heavy atom. The molecular formula is C19H15Os. The molecule has 1 heteroatoms. The Morgan fingerprint density at radius 2 is 1.45 bits per heavy atom. The largest absolute Gasteiger partial charge is 1.00 e. The molecule has 0 aliphatic heterocycles. The van der Waals surface area contributed by atoms with Gasteiger partial charge in [0.15, 0.2) is 0 Å². The second-order valence-corrected chi connectivity index (χ2v) is 4.72. The molecular weight excluding hydrogens is 418 g/mol. The van der Waals surface area contributed by atoms with Crippen LogP contribution in [-0.2, 0) is 19.8 Å². The van der Waals surface area contributed by atoms with Crippen LogP contribution in [0.25, 0.3) is 22.3 Å². The van der Waals surface area contributed by atoms with E-state index in [0.717, 1.165) is 5.56 Å². The number of aryl methyl sites for hydroxylation is 1. The molecule has 0 spiro atoms. The molecule has 0 aliphatic carbocycles. The average molecular weight is 434 g/mol. The van der Waals surface area contributed by atoms with Gasteiger partial charge in [-0.25, -0.2) is 0 Å². The van der Waals surface area contributed by atoms with Crippen molar-refractivity contribution in [1.82, 2.24) is 0 Å². The molecule has 0 aromatic heterocycles. The normalized spacial score (nSPS) is 9.85. The second-order valence-electron chi connectivity index (χ2n) is 4.72. The van der Waals surface area contributed by atoms with Crippen LogP contribution in [-0.4, -0.2) is 0 Å². The number of rotatable bonds is 2. The Labute approximate surface area is 133 Å². The SMILES string of the molecule is Cc1ccc(-c2cccc(-c3[c-]cccc3)c2)cc1.[Os+]. The van der Waals surface area contributed by atoms with E-state index in [-0.39, 0.29) is 19.8 Å². The van der Waals surface area contributed by atoms with E-state index in [1.165, 1.54) is 22.3 Å². The van der Waals surface area contributed by atoms with Gasteiger partial charge in [-0.05, 0) is 18.1 Å². The predicted octanol–water partition coefficient (Wildman–Crippen LogP) is 5.13. The van der Waals surface area contributed by atoms with Crippen LogP contribution < -0.4 is 0 Å². The monoisotopic (exact) mass is 435 g/mol. The van der Waals surface area contributed by atoms with Gasteiger partial charge in [0.05, 0.1) is 0 Å². The molecule has 0 aliphatic rings. The Balaban J connectivity index is 0.00000147. The summed E-state index contributed by atoms with van der Waals surface area (Å²) in [6.45, 7) is 2.11. The molecule has 0 saturated heterocycles. The summed E-state index contributed by atoms with van der Waals surface area (Å²) >= 11 is 0. The van der Waals surface area contributed by atoms with Gasteiger partial charge < -0.3 is 0 Å². The minimum absolute atomic E-state index is 0. The van der Waals surface area contributed by atoms with E-state index in [1.54, 1.807) is 0 Å². The van der Waals surface area contributed by atoms with E-state index in [9.17, 15) is 0 Å². The minimum atomic E-state index is 0. The summed E-state index contributed by atoms with van der Waals surface area (Å²) in [6.07, 6.45) is 0. The molecule has 0 nitrogen and oxygen atoms in total. The third-order valence-electron chi connectivity index (χ3n) is 3.27. The summed E-state index contributed by atoms with van der Waals surface area (Å²) in [5, 5.41) is 0. The van der Waals surface area contributed by atoms with Crippen LogP contribution in [0.2, 0.25) is 0 Å². The zero-order valence-corrected chi connectivity index (χ0v) is 13.8. The van der Waals surface area contributed by atoms with Crippen LogP contribution in [0.1, 0.15) is 5.56 Å². The zero-order valence-electron chi connectivity index (χ0n) is 11.3. The van der Waals surface area contributed by atoms with Gasteiger partial charge in [-0.15, -0.1) is 35.9 Å². The van der Waals surface area contributed by atoms with Gasteiger partial charge in [-0.2, -0.15) is 0 Å². The fraction of sp³-hybridized carbons (Fsp3) is 0.0526. The number of benzene rings is 3. The Hall–Kier alpha value is -1.70. The Bertz CT molecular complexity index is 670. The van der Waals surface area contributed by atoms with Gasteiger partial charge >= 0.3 is 19.8 Å². The third kappa shape index (κ3) is 3.24. The van der Waals surface area contributed by atoms with Crippen LogP contribution in [0.3, 0.4) is 0 Å². The van der Waals surface area contributed by atoms with Gasteiger partial charge in [0.25, 0.3) is 0 Å². The summed E-state index contributed by atoms with van der Waals surface area (Å²) < 4.78 is 0. The topological polar surface area (TPSA) is 0 Å². The summed E-state index contributed by atoms with van der Waals surface area (Å²) in [4.78, 5) is 0. The van der Waals surface area contributed by atoms with Crippen LogP contribution >= 0.6 is 0 Å². The van der Waals surface area contributed by atoms with Gasteiger partial charge in [-0.3, -0.25) is 0 Å². The fourth-order valence-corrected chi connectivity index (χ4v) is 2.19. The van der Waals surface area contributed by atoms with Crippen molar-refractivity contribution in [3.63, 3.8) is 0 Å². The van der Waals surface area contributed by atoms with Crippen molar-refractivity contribution >= 4 is 0 Å². The molecule has 0 unspecified atom stereocenters. The first-order valence-corrected chi connectivity index (χ1v) is 6.47. The smallest absolute Gasteiger partial charge is 0.147 e. The Morgan fingerprint density at radius 1 is 0.700 bits per heavy atom. The molecule has 20 heavy (non-hydrogen) atoms. The molecule has 1 radical (unpaired) electrons. The molecule has 3 rings (SSSR count). The maximum absolute atomic E-state index is 3.27. The van der Waals surface area contributed by atoms with Gasteiger partial charge in [0.1, 0.15) is 0 Å². The maximum Gasteiger partial charge on any atom is 1.00 e. The van der Waals surface area contributed by atoms with Crippen molar-refractivity contribution in [2.75, 3.05) is 0 Å². The average Bonchev–Trinajstić information content (AvgIpc) is 2.49. The molecule has 0 saturated carbocycles. The summed E-state index contributed by atoms with van der Waals surface area (Å²) in [5.74, 6) is 0. The van der Waals surface area contributed by atoms with Crippen LogP contribution in [0.15, 0.2) is 72.8 Å². The fourth-order valence-electron chi connectivity index (χ4n) is 2.19. The van der Waals surface area contributed by atoms with Gasteiger partial charge in [0.2, 0.25) is 0 Å². The maximum atomic E-state index is 3.27. The van der Waals surface area contributed by atoms with E-state index in [0.29, 0.717) is 0 Å². The van der Waals surface area contributed by atoms with E-state index in [2.05, 4.69) is 67.6 Å². The van der Waals surface area contributed by atoms with Crippen molar-refractivity contribution in [2.24, 2.45) is 0 Å². The first-order chi connectivity index (χ1) is 9.33. The molecule has 0 amide bonds. The molecule has 0 bridgehead atoms. The standard InChI is InChI=1S/C19H15.Os/c1-15-10-12-17(13-11-15)19-9-5-8-18(14-19)16-6-3-2-4-7-16;/h2-6,8-14H,1H3;/q-1;+1. The molecule has 3 aromatic rings. The summed E-state index contributed by atoms with van der Waals surface area (Å²) in [7, 11) is 0. The first kappa shape index (κ1) is 14.7. The van der Waals surface area contributed by atoms with Gasteiger partial charge in [-0.1, -0.05) is 59.7 Å². The molecule has 3 aromatic carbocycles. The third-order valence-corrected chi connectivity index (χ3v) is 3.27. The quantitative estimate of drug-likeness (QED) is 0.492. The number of hydrogen-bond donors (Lipinski definition) is 0. The van der Waals surface area contributed by atoms with Crippen LogP contribution in [0.5, 0.6) is 0 Å². The van der Waals surface area contributed by atoms with Crippen molar-refractivity contribution in [3.8, 4) is 22.3 Å². The van der Waals surface area contributed by atoms with Gasteiger partial charge in [0, 0.05) is 0 Å². The molecule has 99 valence electrons. The number of hydrogen-bond acceptors (Lipinski definition) is 0. The molecule has 0 N–H and O–H groups in total. The zero-order chi connectivity index (χ0) is 13.1. The first-order valence-electron chi connectivity index (χ1n) is 6.47. The van der Waals surface area contributed by atoms with Crippen molar-refractivity contribution in [3.05, 3.63) is 84.4 Å². The molecule has 0 atom stereocenters. The van der Waals surface area contributed by atoms with Crippen molar-refractivity contribution in [2.45, 2.75) is 6.92 Å². The molecule has 0 fully saturated rings. The minimum Gasteiger partial charge on any atom is -0.147 e. The van der Waals surface area contributed by atoms with E-state index in [4.69, 9.17) is 0 Å². The van der Waals surface area contributed by atoms with Crippen molar-refractivity contribution < 1.29 is 19.8 Å². The van der Waals surface area contributed by atoms with Crippen LogP contribution in [0.4, 0.5) is 0 Å². The second kappa shape index (κ2) is 6.64. The summed E-state index contributed by atoms with van der Waals surface area (Å²) in [5.41, 5.74) is 6.13. The van der Waals surface area contributed by atoms with Crippen molar-refractivity contribution in [1.29, 1.82) is 0 Å². The predicted molar refractivity (Wildman–Crippen MR) is 80.9 cm³/mol. The Kier molecular flexibility index (Phi) is 4.88. The van der Waals surface area contributed by atoms with E-state index in [1.807, 2.05) is 18.2 Å². The summed E-state index contributed by atoms with van der Waals surface area (Å²) in [6, 6.07) is 28.6. The van der Waals surface area contributed by atoms with Crippen LogP contribution in [0, 0.1) is 13.0 Å². The van der Waals surface area contributed by atoms with E-state index < -0.39 is 0 Å². The van der Waals surface area contributed by atoms with E-state index >= 15 is 0 Å². The molecule has 0 heterocycles.